The number of rotatable bonds is 6. The minimum Gasteiger partial charge on any atom is -0.489 e. The third kappa shape index (κ3) is 5.31. The molecule has 0 atom stereocenters. The van der Waals surface area contributed by atoms with E-state index in [4.69, 9.17) is 4.74 Å². The smallest absolute Gasteiger partial charge is 0.319 e. The lowest BCUT2D eigenvalue weighted by Gasteiger charge is -2.11. The van der Waals surface area contributed by atoms with Crippen molar-refractivity contribution in [2.75, 3.05) is 18.9 Å². The normalized spacial score (nSPS) is 9.92. The Morgan fingerprint density at radius 1 is 1.08 bits per heavy atom. The number of likely N-dealkylation sites (N-methyl/N-ethyl adjacent to an activating group) is 1. The highest BCUT2D eigenvalue weighted by Gasteiger charge is 2.05. The van der Waals surface area contributed by atoms with Gasteiger partial charge in [-0.05, 0) is 30.2 Å². The summed E-state index contributed by atoms with van der Waals surface area (Å²) in [4.78, 5) is 22.8. The van der Waals surface area contributed by atoms with Crippen molar-refractivity contribution in [2.24, 2.45) is 0 Å². The van der Waals surface area contributed by atoms with E-state index >= 15 is 0 Å². The number of aryl methyl sites for hydroxylation is 1. The Morgan fingerprint density at radius 2 is 1.88 bits per heavy atom. The molecule has 126 valence electrons. The molecule has 0 saturated carbocycles. The van der Waals surface area contributed by atoms with Gasteiger partial charge in [0.25, 0.3) is 0 Å². The number of anilines is 1. The van der Waals surface area contributed by atoms with E-state index in [1.54, 1.807) is 18.2 Å². The zero-order valence-corrected chi connectivity index (χ0v) is 13.8. The van der Waals surface area contributed by atoms with Gasteiger partial charge in [0.15, 0.2) is 0 Å². The van der Waals surface area contributed by atoms with E-state index in [1.165, 1.54) is 12.6 Å². The lowest BCUT2D eigenvalue weighted by molar-refractivity contribution is -0.119. The van der Waals surface area contributed by atoms with Gasteiger partial charge in [0.05, 0.1) is 6.54 Å². The van der Waals surface area contributed by atoms with Crippen molar-refractivity contribution in [3.63, 3.8) is 0 Å². The van der Waals surface area contributed by atoms with Gasteiger partial charge in [-0.25, -0.2) is 4.79 Å². The van der Waals surface area contributed by atoms with Crippen LogP contribution in [0.1, 0.15) is 11.1 Å². The van der Waals surface area contributed by atoms with Gasteiger partial charge in [0.1, 0.15) is 12.4 Å². The summed E-state index contributed by atoms with van der Waals surface area (Å²) in [5.74, 6) is 0.391. The zero-order valence-electron chi connectivity index (χ0n) is 13.8. The highest BCUT2D eigenvalue weighted by atomic mass is 16.5. The van der Waals surface area contributed by atoms with Crippen molar-refractivity contribution in [1.29, 1.82) is 0 Å². The maximum Gasteiger partial charge on any atom is 0.319 e. The van der Waals surface area contributed by atoms with Crippen LogP contribution in [0, 0.1) is 6.92 Å². The third-order valence-electron chi connectivity index (χ3n) is 3.44. The summed E-state index contributed by atoms with van der Waals surface area (Å²) < 4.78 is 5.77. The van der Waals surface area contributed by atoms with Crippen molar-refractivity contribution in [1.82, 2.24) is 10.6 Å². The number of urea groups is 1. The number of benzene rings is 2. The molecule has 0 fully saturated rings. The van der Waals surface area contributed by atoms with Gasteiger partial charge < -0.3 is 20.7 Å². The Balaban J connectivity index is 1.90. The van der Waals surface area contributed by atoms with Crippen LogP contribution in [0.5, 0.6) is 5.75 Å². The molecule has 0 aliphatic carbocycles. The second kappa shape index (κ2) is 8.57. The fraction of sp³-hybridized carbons (Fsp3) is 0.222. The van der Waals surface area contributed by atoms with Gasteiger partial charge in [-0.3, -0.25) is 4.79 Å². The molecule has 0 aliphatic rings. The average Bonchev–Trinajstić information content (AvgIpc) is 2.59. The maximum absolute atomic E-state index is 11.7. The first-order chi connectivity index (χ1) is 11.6. The Bertz CT molecular complexity index is 716. The molecule has 2 aromatic carbocycles. The van der Waals surface area contributed by atoms with Crippen LogP contribution in [0.15, 0.2) is 48.5 Å². The highest BCUT2D eigenvalue weighted by Crippen LogP contribution is 2.19. The minimum atomic E-state index is -0.449. The molecule has 2 aromatic rings. The Labute approximate surface area is 141 Å². The van der Waals surface area contributed by atoms with Gasteiger partial charge in [-0.1, -0.05) is 30.3 Å². The predicted octanol–water partition coefficient (Wildman–Crippen LogP) is 2.44. The van der Waals surface area contributed by atoms with Crippen LogP contribution < -0.4 is 20.7 Å². The summed E-state index contributed by atoms with van der Waals surface area (Å²) in [7, 11) is 1.51. The fourth-order valence-electron chi connectivity index (χ4n) is 2.02. The number of carbonyl (C=O) groups is 2. The summed E-state index contributed by atoms with van der Waals surface area (Å²) in [5.41, 5.74) is 2.87. The molecule has 0 saturated heterocycles. The topological polar surface area (TPSA) is 79.5 Å². The van der Waals surface area contributed by atoms with Gasteiger partial charge in [-0.2, -0.15) is 0 Å². The van der Waals surface area contributed by atoms with Crippen molar-refractivity contribution >= 4 is 17.6 Å². The standard InChI is InChI=1S/C18H21N3O3/c1-13-6-3-4-7-14(13)12-24-16-9-5-8-15(10-16)21-18(23)20-11-17(22)19-2/h3-10H,11-12H2,1-2H3,(H,19,22)(H2,20,21,23). The largest absolute Gasteiger partial charge is 0.489 e. The number of carbonyl (C=O) groups excluding carboxylic acids is 2. The molecule has 3 amide bonds. The van der Waals surface area contributed by atoms with E-state index in [0.717, 1.165) is 5.56 Å². The number of hydrogen-bond donors (Lipinski definition) is 3. The average molecular weight is 327 g/mol. The minimum absolute atomic E-state index is 0.0776. The van der Waals surface area contributed by atoms with E-state index in [1.807, 2.05) is 37.3 Å². The molecule has 2 rings (SSSR count). The molecule has 0 spiro atoms. The van der Waals surface area contributed by atoms with Gasteiger partial charge in [0.2, 0.25) is 5.91 Å². The van der Waals surface area contributed by atoms with Crippen molar-refractivity contribution in [3.8, 4) is 5.75 Å². The van der Waals surface area contributed by atoms with E-state index in [-0.39, 0.29) is 12.5 Å². The van der Waals surface area contributed by atoms with Crippen LogP contribution in [0.25, 0.3) is 0 Å². The maximum atomic E-state index is 11.7. The number of ether oxygens (including phenoxy) is 1. The molecule has 3 N–H and O–H groups in total. The monoisotopic (exact) mass is 327 g/mol. The fourth-order valence-corrected chi connectivity index (χ4v) is 2.02. The number of hydrogen-bond acceptors (Lipinski definition) is 3. The zero-order chi connectivity index (χ0) is 17.4. The van der Waals surface area contributed by atoms with Crippen LogP contribution in [0.4, 0.5) is 10.5 Å². The van der Waals surface area contributed by atoms with Gasteiger partial charge >= 0.3 is 6.03 Å². The lowest BCUT2D eigenvalue weighted by atomic mass is 10.1. The van der Waals surface area contributed by atoms with E-state index in [2.05, 4.69) is 16.0 Å². The molecule has 0 radical (unpaired) electrons. The lowest BCUT2D eigenvalue weighted by Crippen LogP contribution is -2.37. The molecule has 0 bridgehead atoms. The SMILES string of the molecule is CNC(=O)CNC(=O)Nc1cccc(OCc2ccccc2C)c1. The van der Waals surface area contributed by atoms with Crippen molar-refractivity contribution in [2.45, 2.75) is 13.5 Å². The van der Waals surface area contributed by atoms with E-state index in [0.29, 0.717) is 18.0 Å². The molecule has 24 heavy (non-hydrogen) atoms. The molecule has 0 aromatic heterocycles. The molecule has 0 heterocycles. The summed E-state index contributed by atoms with van der Waals surface area (Å²) in [6, 6.07) is 14.7. The quantitative estimate of drug-likeness (QED) is 0.762. The van der Waals surface area contributed by atoms with Crippen molar-refractivity contribution in [3.05, 3.63) is 59.7 Å². The first kappa shape index (κ1) is 17.3. The molecule has 6 heteroatoms. The van der Waals surface area contributed by atoms with Crippen LogP contribution >= 0.6 is 0 Å². The van der Waals surface area contributed by atoms with Crippen LogP contribution in [-0.2, 0) is 11.4 Å². The molecular formula is C18H21N3O3. The Morgan fingerprint density at radius 3 is 2.62 bits per heavy atom. The number of nitrogens with one attached hydrogen (secondary N) is 3. The molecule has 6 nitrogen and oxygen atoms in total. The Hall–Kier alpha value is -3.02. The number of amides is 3. The first-order valence-corrected chi connectivity index (χ1v) is 7.61. The second-order valence-electron chi connectivity index (χ2n) is 5.22. The van der Waals surface area contributed by atoms with E-state index < -0.39 is 6.03 Å². The predicted molar refractivity (Wildman–Crippen MR) is 93.0 cm³/mol. The molecule has 0 unspecified atom stereocenters. The van der Waals surface area contributed by atoms with Gasteiger partial charge in [-0.15, -0.1) is 0 Å². The van der Waals surface area contributed by atoms with Crippen LogP contribution in [0.2, 0.25) is 0 Å². The third-order valence-corrected chi connectivity index (χ3v) is 3.44. The summed E-state index contributed by atoms with van der Waals surface area (Å²) in [5, 5.41) is 7.55. The highest BCUT2D eigenvalue weighted by molar-refractivity contribution is 5.92. The first-order valence-electron chi connectivity index (χ1n) is 7.61. The Kier molecular flexibility index (Phi) is 6.19. The summed E-state index contributed by atoms with van der Waals surface area (Å²) in [6.07, 6.45) is 0. The van der Waals surface area contributed by atoms with Crippen LogP contribution in [-0.4, -0.2) is 25.5 Å². The van der Waals surface area contributed by atoms with Crippen molar-refractivity contribution < 1.29 is 14.3 Å². The molecule has 0 aliphatic heterocycles. The molecular weight excluding hydrogens is 306 g/mol. The summed E-state index contributed by atoms with van der Waals surface area (Å²) >= 11 is 0. The second-order valence-corrected chi connectivity index (χ2v) is 5.22. The van der Waals surface area contributed by atoms with Gasteiger partial charge in [0, 0.05) is 18.8 Å². The summed E-state index contributed by atoms with van der Waals surface area (Å²) in [6.45, 7) is 2.41. The van der Waals surface area contributed by atoms with Crippen LogP contribution in [0.3, 0.4) is 0 Å². The van der Waals surface area contributed by atoms with E-state index in [9.17, 15) is 9.59 Å².